The smallest absolute Gasteiger partial charge is 0.247 e. The van der Waals surface area contributed by atoms with E-state index >= 15 is 0 Å². The lowest BCUT2D eigenvalue weighted by Crippen LogP contribution is -2.26. The van der Waals surface area contributed by atoms with Gasteiger partial charge in [0.15, 0.2) is 4.67 Å². The highest BCUT2D eigenvalue weighted by atomic mass is 79.9. The number of aliphatic hydroxyl groups excluding tert-OH is 1. The Hall–Kier alpha value is -0.670. The lowest BCUT2D eigenvalue weighted by atomic mass is 10.2. The summed E-state index contributed by atoms with van der Waals surface area (Å²) in [5.74, 6) is 0.190. The molecular formula is C13H13Br2NO4S. The van der Waals surface area contributed by atoms with Gasteiger partial charge in [-0.1, -0.05) is 34.1 Å². The fourth-order valence-corrected chi connectivity index (χ4v) is 4.29. The molecule has 2 aromatic rings. The molecule has 2 rings (SSSR count). The Morgan fingerprint density at radius 3 is 2.52 bits per heavy atom. The maximum atomic E-state index is 12.5. The van der Waals surface area contributed by atoms with E-state index in [1.165, 1.54) is 17.4 Å². The van der Waals surface area contributed by atoms with Crippen LogP contribution in [0.3, 0.4) is 0 Å². The van der Waals surface area contributed by atoms with Gasteiger partial charge in [-0.25, -0.2) is 8.42 Å². The minimum atomic E-state index is -3.71. The van der Waals surface area contributed by atoms with E-state index in [0.717, 1.165) is 10.0 Å². The third kappa shape index (κ3) is 3.57. The van der Waals surface area contributed by atoms with Crippen molar-refractivity contribution in [2.24, 2.45) is 0 Å². The summed E-state index contributed by atoms with van der Waals surface area (Å²) >= 11 is 6.46. The van der Waals surface area contributed by atoms with Crippen molar-refractivity contribution in [2.45, 2.75) is 18.0 Å². The van der Waals surface area contributed by atoms with Crippen LogP contribution >= 0.6 is 31.9 Å². The third-order valence-electron chi connectivity index (χ3n) is 2.90. The number of hydrogen-bond acceptors (Lipinski definition) is 4. The molecule has 0 aliphatic carbocycles. The van der Waals surface area contributed by atoms with Gasteiger partial charge in [0.25, 0.3) is 0 Å². The first-order valence-corrected chi connectivity index (χ1v) is 8.97. The van der Waals surface area contributed by atoms with E-state index in [-0.39, 0.29) is 28.5 Å². The first kappa shape index (κ1) is 16.7. The SMILES string of the molecule is CN(Cc1ccccc1Br)S(=O)(=O)c1cc(CO)oc1Br. The Labute approximate surface area is 139 Å². The lowest BCUT2D eigenvalue weighted by Gasteiger charge is -2.17. The first-order chi connectivity index (χ1) is 9.86. The van der Waals surface area contributed by atoms with E-state index in [9.17, 15) is 8.42 Å². The molecule has 0 bridgehead atoms. The zero-order valence-corrected chi connectivity index (χ0v) is 15.1. The van der Waals surface area contributed by atoms with Crippen LogP contribution in [0, 0.1) is 0 Å². The minimum Gasteiger partial charge on any atom is -0.450 e. The number of sulfonamides is 1. The molecular weight excluding hydrogens is 426 g/mol. The van der Waals surface area contributed by atoms with Crippen molar-refractivity contribution in [3.8, 4) is 0 Å². The molecule has 8 heteroatoms. The molecule has 0 amide bonds. The van der Waals surface area contributed by atoms with Gasteiger partial charge >= 0.3 is 0 Å². The molecule has 1 heterocycles. The second-order valence-electron chi connectivity index (χ2n) is 4.36. The second-order valence-corrected chi connectivity index (χ2v) is 7.95. The van der Waals surface area contributed by atoms with Crippen LogP contribution in [0.5, 0.6) is 0 Å². The van der Waals surface area contributed by atoms with Gasteiger partial charge in [0.1, 0.15) is 17.3 Å². The van der Waals surface area contributed by atoms with Crippen molar-refractivity contribution in [1.82, 2.24) is 4.31 Å². The molecule has 0 saturated carbocycles. The molecule has 5 nitrogen and oxygen atoms in total. The quantitative estimate of drug-likeness (QED) is 0.778. The normalized spacial score (nSPS) is 12.0. The van der Waals surface area contributed by atoms with Crippen LogP contribution in [0.2, 0.25) is 0 Å². The highest BCUT2D eigenvalue weighted by molar-refractivity contribution is 9.10. The summed E-state index contributed by atoms with van der Waals surface area (Å²) in [5.41, 5.74) is 0.852. The molecule has 21 heavy (non-hydrogen) atoms. The van der Waals surface area contributed by atoms with E-state index in [2.05, 4.69) is 31.9 Å². The number of rotatable bonds is 5. The second kappa shape index (κ2) is 6.62. The maximum Gasteiger partial charge on any atom is 0.247 e. The van der Waals surface area contributed by atoms with Crippen molar-refractivity contribution in [3.05, 3.63) is 50.8 Å². The van der Waals surface area contributed by atoms with Crippen molar-refractivity contribution < 1.29 is 17.9 Å². The predicted molar refractivity (Wildman–Crippen MR) is 85.1 cm³/mol. The van der Waals surface area contributed by atoms with E-state index in [1.54, 1.807) is 0 Å². The van der Waals surface area contributed by atoms with Gasteiger partial charge in [-0.3, -0.25) is 0 Å². The Kier molecular flexibility index (Phi) is 5.26. The molecule has 1 aromatic carbocycles. The van der Waals surface area contributed by atoms with Crippen LogP contribution in [0.1, 0.15) is 11.3 Å². The zero-order chi connectivity index (χ0) is 15.6. The van der Waals surface area contributed by atoms with Crippen LogP contribution < -0.4 is 0 Å². The summed E-state index contributed by atoms with van der Waals surface area (Å²) in [6, 6.07) is 8.73. The van der Waals surface area contributed by atoms with Gasteiger partial charge < -0.3 is 9.52 Å². The fraction of sp³-hybridized carbons (Fsp3) is 0.231. The lowest BCUT2D eigenvalue weighted by molar-refractivity contribution is 0.245. The summed E-state index contributed by atoms with van der Waals surface area (Å²) in [4.78, 5) is 0.00102. The Bertz CT molecular complexity index is 742. The molecule has 0 fully saturated rings. The summed E-state index contributed by atoms with van der Waals surface area (Å²) in [7, 11) is -2.22. The number of nitrogens with zero attached hydrogens (tertiary/aromatic N) is 1. The van der Waals surface area contributed by atoms with Crippen LogP contribution in [0.25, 0.3) is 0 Å². The average Bonchev–Trinajstić information content (AvgIpc) is 2.83. The summed E-state index contributed by atoms with van der Waals surface area (Å²) in [6.45, 7) is -0.141. The molecule has 1 N–H and O–H groups in total. The minimum absolute atomic E-state index is 0.00102. The number of benzene rings is 1. The predicted octanol–water partition coefficient (Wildman–Crippen LogP) is 3.12. The van der Waals surface area contributed by atoms with E-state index in [1.807, 2.05) is 24.3 Å². The van der Waals surface area contributed by atoms with Gasteiger partial charge in [-0.05, 0) is 27.6 Å². The monoisotopic (exact) mass is 437 g/mol. The highest BCUT2D eigenvalue weighted by Gasteiger charge is 2.27. The Morgan fingerprint density at radius 2 is 1.95 bits per heavy atom. The Balaban J connectivity index is 2.30. The molecule has 1 aromatic heterocycles. The largest absolute Gasteiger partial charge is 0.450 e. The Morgan fingerprint density at radius 1 is 1.29 bits per heavy atom. The summed E-state index contributed by atoms with van der Waals surface area (Å²) in [6.07, 6.45) is 0. The van der Waals surface area contributed by atoms with Crippen LogP contribution in [0.4, 0.5) is 0 Å². The fourth-order valence-electron chi connectivity index (χ4n) is 1.77. The van der Waals surface area contributed by atoms with Crippen molar-refractivity contribution in [1.29, 1.82) is 0 Å². The maximum absolute atomic E-state index is 12.5. The topological polar surface area (TPSA) is 70.8 Å². The van der Waals surface area contributed by atoms with Gasteiger partial charge in [0.05, 0.1) is 0 Å². The molecule has 0 saturated heterocycles. The van der Waals surface area contributed by atoms with Crippen LogP contribution in [-0.2, 0) is 23.2 Å². The number of halogens is 2. The highest BCUT2D eigenvalue weighted by Crippen LogP contribution is 2.29. The van der Waals surface area contributed by atoms with Crippen LogP contribution in [-0.4, -0.2) is 24.9 Å². The number of furan rings is 1. The molecule has 0 radical (unpaired) electrons. The molecule has 114 valence electrons. The third-order valence-corrected chi connectivity index (χ3v) is 6.34. The van der Waals surface area contributed by atoms with Gasteiger partial charge in [0.2, 0.25) is 10.0 Å². The van der Waals surface area contributed by atoms with Gasteiger partial charge in [-0.2, -0.15) is 4.31 Å². The molecule has 0 spiro atoms. The standard InChI is InChI=1S/C13H13Br2NO4S/c1-16(7-9-4-2-3-5-11(9)14)21(18,19)12-6-10(8-17)20-13(12)15/h2-6,17H,7-8H2,1H3. The van der Waals surface area contributed by atoms with E-state index in [4.69, 9.17) is 9.52 Å². The summed E-state index contributed by atoms with van der Waals surface area (Å²) < 4.78 is 32.4. The van der Waals surface area contributed by atoms with Crippen molar-refractivity contribution in [3.63, 3.8) is 0 Å². The molecule has 0 unspecified atom stereocenters. The number of aliphatic hydroxyl groups is 1. The van der Waals surface area contributed by atoms with Gasteiger partial charge in [0, 0.05) is 24.1 Å². The van der Waals surface area contributed by atoms with Crippen LogP contribution in [0.15, 0.2) is 48.8 Å². The molecule has 0 aliphatic rings. The molecule has 0 aliphatic heterocycles. The van der Waals surface area contributed by atoms with Crippen molar-refractivity contribution >= 4 is 41.9 Å². The van der Waals surface area contributed by atoms with Crippen molar-refractivity contribution in [2.75, 3.05) is 7.05 Å². The van der Waals surface area contributed by atoms with E-state index in [0.29, 0.717) is 0 Å². The zero-order valence-electron chi connectivity index (χ0n) is 11.1. The van der Waals surface area contributed by atoms with Gasteiger partial charge in [-0.15, -0.1) is 0 Å². The number of hydrogen-bond donors (Lipinski definition) is 1. The average molecular weight is 439 g/mol. The first-order valence-electron chi connectivity index (χ1n) is 5.95. The van der Waals surface area contributed by atoms with E-state index < -0.39 is 10.0 Å². The molecule has 0 atom stereocenters. The summed E-state index contributed by atoms with van der Waals surface area (Å²) in [5, 5.41) is 9.02.